The highest BCUT2D eigenvalue weighted by Crippen LogP contribution is 2.25. The van der Waals surface area contributed by atoms with Gasteiger partial charge in [0.1, 0.15) is 10.9 Å². The van der Waals surface area contributed by atoms with E-state index in [0.29, 0.717) is 55.8 Å². The summed E-state index contributed by atoms with van der Waals surface area (Å²) >= 11 is 1.29. The molecule has 1 fully saturated rings. The monoisotopic (exact) mass is 406 g/mol. The molecule has 0 bridgehead atoms. The Balaban J connectivity index is 1.73. The van der Waals surface area contributed by atoms with Crippen molar-refractivity contribution in [2.24, 2.45) is 4.99 Å². The number of halogens is 3. The zero-order valence-electron chi connectivity index (χ0n) is 15.6. The van der Waals surface area contributed by atoms with Crippen molar-refractivity contribution in [1.29, 1.82) is 0 Å². The van der Waals surface area contributed by atoms with E-state index in [2.05, 4.69) is 20.6 Å². The van der Waals surface area contributed by atoms with Crippen LogP contribution >= 0.6 is 11.3 Å². The highest BCUT2D eigenvalue weighted by molar-refractivity contribution is 7.11. The minimum absolute atomic E-state index is 0.165. The smallest absolute Gasteiger partial charge is 0.354 e. The molecular formula is C16H25F3N6OS. The Bertz CT molecular complexity index is 655. The summed E-state index contributed by atoms with van der Waals surface area (Å²) < 4.78 is 38.5. The molecule has 1 saturated heterocycles. The van der Waals surface area contributed by atoms with E-state index in [0.717, 1.165) is 0 Å². The topological polar surface area (TPSA) is 72.9 Å². The molecule has 0 spiro atoms. The zero-order valence-corrected chi connectivity index (χ0v) is 16.5. The predicted octanol–water partition coefficient (Wildman–Crippen LogP) is 1.33. The number of hydrogen-bond acceptors (Lipinski definition) is 5. The van der Waals surface area contributed by atoms with Crippen molar-refractivity contribution in [1.82, 2.24) is 25.4 Å². The zero-order chi connectivity index (χ0) is 20.0. The van der Waals surface area contributed by atoms with Gasteiger partial charge in [0.2, 0.25) is 0 Å². The first-order valence-corrected chi connectivity index (χ1v) is 9.56. The molecule has 2 N–H and O–H groups in total. The molecular weight excluding hydrogens is 381 g/mol. The van der Waals surface area contributed by atoms with Gasteiger partial charge in [-0.15, -0.1) is 11.3 Å². The molecule has 27 heavy (non-hydrogen) atoms. The fraction of sp³-hybridized carbons (Fsp3) is 0.688. The van der Waals surface area contributed by atoms with Crippen molar-refractivity contribution in [3.63, 3.8) is 0 Å². The Hall–Kier alpha value is -1.88. The van der Waals surface area contributed by atoms with Crippen LogP contribution in [0.15, 0.2) is 10.5 Å². The van der Waals surface area contributed by atoms with Crippen LogP contribution < -0.4 is 10.6 Å². The Morgan fingerprint density at radius 3 is 2.44 bits per heavy atom. The van der Waals surface area contributed by atoms with E-state index in [1.165, 1.54) is 23.2 Å². The van der Waals surface area contributed by atoms with Crippen molar-refractivity contribution >= 4 is 23.2 Å². The number of nitrogens with one attached hydrogen (secondary N) is 2. The fourth-order valence-electron chi connectivity index (χ4n) is 2.81. The highest BCUT2D eigenvalue weighted by atomic mass is 32.1. The summed E-state index contributed by atoms with van der Waals surface area (Å²) in [6.07, 6.45) is -4.21. The maximum Gasteiger partial charge on any atom is 0.403 e. The standard InChI is InChI=1S/C16H25F3N6OS/c1-11-13(27-10-23-11)14(26)21-4-5-22-15(20-3)25-8-6-24(7-9-25)12(2)16(17,18)19/h10,12H,4-9H2,1-3H3,(H,20,22)(H,21,26). The average Bonchev–Trinajstić information content (AvgIpc) is 3.06. The van der Waals surface area contributed by atoms with Crippen LogP contribution in [0, 0.1) is 6.92 Å². The molecule has 7 nitrogen and oxygen atoms in total. The summed E-state index contributed by atoms with van der Waals surface area (Å²) in [4.78, 5) is 24.2. The number of guanidine groups is 1. The van der Waals surface area contributed by atoms with Gasteiger partial charge in [0.05, 0.1) is 11.2 Å². The maximum atomic E-state index is 12.8. The first kappa shape index (κ1) is 21.4. The van der Waals surface area contributed by atoms with Gasteiger partial charge >= 0.3 is 6.18 Å². The first-order chi connectivity index (χ1) is 12.7. The molecule has 0 radical (unpaired) electrons. The number of hydrogen-bond donors (Lipinski definition) is 2. The summed E-state index contributed by atoms with van der Waals surface area (Å²) in [5.41, 5.74) is 2.33. The molecule has 2 heterocycles. The maximum absolute atomic E-state index is 12.8. The van der Waals surface area contributed by atoms with E-state index in [1.807, 2.05) is 4.90 Å². The van der Waals surface area contributed by atoms with Crippen LogP contribution in [-0.4, -0.2) is 85.2 Å². The van der Waals surface area contributed by atoms with Gasteiger partial charge < -0.3 is 15.5 Å². The van der Waals surface area contributed by atoms with Gasteiger partial charge in [0.15, 0.2) is 5.96 Å². The molecule has 0 saturated carbocycles. The van der Waals surface area contributed by atoms with Gasteiger partial charge in [-0.1, -0.05) is 0 Å². The highest BCUT2D eigenvalue weighted by Gasteiger charge is 2.41. The number of piperazine rings is 1. The third-order valence-electron chi connectivity index (χ3n) is 4.49. The molecule has 0 aliphatic carbocycles. The van der Waals surface area contributed by atoms with Crippen LogP contribution in [-0.2, 0) is 0 Å². The van der Waals surface area contributed by atoms with Gasteiger partial charge in [-0.2, -0.15) is 13.2 Å². The number of rotatable bonds is 5. The molecule has 1 amide bonds. The lowest BCUT2D eigenvalue weighted by atomic mass is 10.2. The lowest BCUT2D eigenvalue weighted by molar-refractivity contribution is -0.181. The van der Waals surface area contributed by atoms with Crippen LogP contribution in [0.25, 0.3) is 0 Å². The number of thiazole rings is 1. The van der Waals surface area contributed by atoms with Crippen molar-refractivity contribution < 1.29 is 18.0 Å². The normalized spacial score (nSPS) is 17.7. The van der Waals surface area contributed by atoms with Gasteiger partial charge in [-0.05, 0) is 13.8 Å². The second-order valence-corrected chi connectivity index (χ2v) is 7.09. The molecule has 1 aliphatic rings. The van der Waals surface area contributed by atoms with Crippen molar-refractivity contribution in [2.75, 3.05) is 46.3 Å². The van der Waals surface area contributed by atoms with E-state index in [1.54, 1.807) is 19.5 Å². The number of carbonyl (C=O) groups is 1. The van der Waals surface area contributed by atoms with Crippen LogP contribution in [0.1, 0.15) is 22.3 Å². The van der Waals surface area contributed by atoms with E-state index >= 15 is 0 Å². The number of aliphatic imine (C=N–C) groups is 1. The number of carbonyl (C=O) groups excluding carboxylic acids is 1. The minimum atomic E-state index is -4.21. The number of aromatic nitrogens is 1. The first-order valence-electron chi connectivity index (χ1n) is 8.68. The lowest BCUT2D eigenvalue weighted by Gasteiger charge is -2.39. The number of amides is 1. The van der Waals surface area contributed by atoms with Crippen LogP contribution in [0.4, 0.5) is 13.2 Å². The average molecular weight is 406 g/mol. The molecule has 1 aromatic heterocycles. The van der Waals surface area contributed by atoms with Crippen LogP contribution in [0.2, 0.25) is 0 Å². The molecule has 11 heteroatoms. The third-order valence-corrected chi connectivity index (χ3v) is 5.42. The molecule has 2 rings (SSSR count). The molecule has 0 aromatic carbocycles. The quantitative estimate of drug-likeness (QED) is 0.439. The van der Waals surface area contributed by atoms with E-state index < -0.39 is 12.2 Å². The molecule has 1 unspecified atom stereocenters. The largest absolute Gasteiger partial charge is 0.403 e. The Morgan fingerprint density at radius 1 is 1.30 bits per heavy atom. The number of alkyl halides is 3. The fourth-order valence-corrected chi connectivity index (χ4v) is 3.53. The number of aryl methyl sites for hydroxylation is 1. The van der Waals surface area contributed by atoms with E-state index in [9.17, 15) is 18.0 Å². The molecule has 1 aromatic rings. The lowest BCUT2D eigenvalue weighted by Crippen LogP contribution is -2.57. The second-order valence-electron chi connectivity index (χ2n) is 6.24. The Labute approximate surface area is 160 Å². The minimum Gasteiger partial charge on any atom is -0.354 e. The van der Waals surface area contributed by atoms with Crippen LogP contribution in [0.5, 0.6) is 0 Å². The van der Waals surface area contributed by atoms with Gasteiger partial charge in [-0.25, -0.2) is 4.98 Å². The van der Waals surface area contributed by atoms with Gasteiger partial charge in [0.25, 0.3) is 5.91 Å². The second kappa shape index (κ2) is 9.36. The summed E-state index contributed by atoms with van der Waals surface area (Å²) in [6, 6.07) is -1.44. The number of nitrogens with zero attached hydrogens (tertiary/aromatic N) is 4. The van der Waals surface area contributed by atoms with E-state index in [4.69, 9.17) is 0 Å². The SMILES string of the molecule is CN=C(NCCNC(=O)c1scnc1C)N1CCN(C(C)C(F)(F)F)CC1. The summed E-state index contributed by atoms with van der Waals surface area (Å²) in [5, 5.41) is 5.95. The van der Waals surface area contributed by atoms with Crippen molar-refractivity contribution in [2.45, 2.75) is 26.1 Å². The summed E-state index contributed by atoms with van der Waals surface area (Å²) in [6.45, 7) is 5.42. The van der Waals surface area contributed by atoms with Crippen molar-refractivity contribution in [3.8, 4) is 0 Å². The Morgan fingerprint density at radius 2 is 1.93 bits per heavy atom. The van der Waals surface area contributed by atoms with Crippen molar-refractivity contribution in [3.05, 3.63) is 16.1 Å². The molecule has 1 atom stereocenters. The van der Waals surface area contributed by atoms with Gasteiger partial charge in [0, 0.05) is 46.3 Å². The molecule has 1 aliphatic heterocycles. The summed E-state index contributed by atoms with van der Waals surface area (Å²) in [5.74, 6) is 0.457. The predicted molar refractivity (Wildman–Crippen MR) is 99.2 cm³/mol. The van der Waals surface area contributed by atoms with Gasteiger partial charge in [-0.3, -0.25) is 14.7 Å². The van der Waals surface area contributed by atoms with Crippen LogP contribution in [0.3, 0.4) is 0 Å². The third kappa shape index (κ3) is 5.80. The summed E-state index contributed by atoms with van der Waals surface area (Å²) in [7, 11) is 1.63. The van der Waals surface area contributed by atoms with E-state index in [-0.39, 0.29) is 5.91 Å². The Kier molecular flexibility index (Phi) is 7.42. The molecule has 152 valence electrons.